The van der Waals surface area contributed by atoms with E-state index in [0.717, 1.165) is 29.7 Å². The lowest BCUT2D eigenvalue weighted by atomic mass is 9.48. The Kier molecular flexibility index (Phi) is 3.03. The van der Waals surface area contributed by atoms with Crippen LogP contribution in [0, 0.1) is 37.0 Å². The molecular weight excluding hydrogens is 256 g/mol. The van der Waals surface area contributed by atoms with Crippen molar-refractivity contribution in [3.05, 3.63) is 34.9 Å². The zero-order valence-electron chi connectivity index (χ0n) is 13.3. The van der Waals surface area contributed by atoms with Gasteiger partial charge < -0.3 is 0 Å². The molecule has 4 fully saturated rings. The number of rotatable bonds is 3. The highest BCUT2D eigenvalue weighted by Gasteiger charge is 2.51. The lowest BCUT2D eigenvalue weighted by molar-refractivity contribution is -0.0524. The van der Waals surface area contributed by atoms with E-state index in [2.05, 4.69) is 19.9 Å². The predicted octanol–water partition coefficient (Wildman–Crippen LogP) is 5.09. The van der Waals surface area contributed by atoms with Crippen LogP contribution in [0.4, 0.5) is 0 Å². The smallest absolute Gasteiger partial charge is 0.163 e. The predicted molar refractivity (Wildman–Crippen MR) is 85.5 cm³/mol. The molecule has 0 heterocycles. The zero-order valence-corrected chi connectivity index (χ0v) is 13.3. The molecule has 0 aliphatic heterocycles. The fraction of sp³-hybridized carbons (Fsp3) is 0.650. The van der Waals surface area contributed by atoms with Crippen LogP contribution in [0.1, 0.15) is 66.4 Å². The van der Waals surface area contributed by atoms with E-state index < -0.39 is 0 Å². The highest BCUT2D eigenvalue weighted by Crippen LogP contribution is 2.61. The number of benzene rings is 1. The molecule has 5 rings (SSSR count). The van der Waals surface area contributed by atoms with Crippen LogP contribution in [0.2, 0.25) is 0 Å². The standard InChI is InChI=1S/C20H26O/c1-13-4-3-5-18(14(13)2)19(21)12-20-9-15-6-16(10-20)8-17(7-15)11-20/h3-5,15-17H,6-12H2,1-2H3. The second kappa shape index (κ2) is 4.69. The molecule has 0 amide bonds. The van der Waals surface area contributed by atoms with Crippen LogP contribution in [-0.4, -0.2) is 5.78 Å². The van der Waals surface area contributed by atoms with Crippen LogP contribution in [-0.2, 0) is 0 Å². The van der Waals surface area contributed by atoms with E-state index in [1.165, 1.54) is 49.7 Å². The van der Waals surface area contributed by atoms with Crippen molar-refractivity contribution in [2.24, 2.45) is 23.2 Å². The van der Waals surface area contributed by atoms with E-state index in [0.29, 0.717) is 11.2 Å². The van der Waals surface area contributed by atoms with Crippen LogP contribution in [0.5, 0.6) is 0 Å². The molecule has 0 unspecified atom stereocenters. The lowest BCUT2D eigenvalue weighted by Crippen LogP contribution is -2.46. The molecule has 1 aromatic carbocycles. The molecule has 0 N–H and O–H groups in total. The maximum Gasteiger partial charge on any atom is 0.163 e. The van der Waals surface area contributed by atoms with Crippen LogP contribution >= 0.6 is 0 Å². The molecule has 4 aliphatic carbocycles. The van der Waals surface area contributed by atoms with Gasteiger partial charge in [-0.1, -0.05) is 18.2 Å². The Hall–Kier alpha value is -1.11. The maximum atomic E-state index is 12.9. The topological polar surface area (TPSA) is 17.1 Å². The van der Waals surface area contributed by atoms with E-state index in [4.69, 9.17) is 0 Å². The van der Waals surface area contributed by atoms with Crippen molar-refractivity contribution in [3.8, 4) is 0 Å². The molecule has 0 saturated heterocycles. The van der Waals surface area contributed by atoms with Crippen LogP contribution in [0.25, 0.3) is 0 Å². The summed E-state index contributed by atoms with van der Waals surface area (Å²) in [6.45, 7) is 4.21. The number of aryl methyl sites for hydroxylation is 1. The maximum absolute atomic E-state index is 12.9. The van der Waals surface area contributed by atoms with Gasteiger partial charge in [-0.3, -0.25) is 4.79 Å². The molecule has 112 valence electrons. The number of Topliss-reactive ketones (excluding diaryl/α,β-unsaturated/α-hetero) is 1. The summed E-state index contributed by atoms with van der Waals surface area (Å²) >= 11 is 0. The summed E-state index contributed by atoms with van der Waals surface area (Å²) in [5.41, 5.74) is 3.77. The zero-order chi connectivity index (χ0) is 14.6. The van der Waals surface area contributed by atoms with Crippen molar-refractivity contribution in [1.29, 1.82) is 0 Å². The van der Waals surface area contributed by atoms with Crippen LogP contribution in [0.3, 0.4) is 0 Å². The summed E-state index contributed by atoms with van der Waals surface area (Å²) in [5.74, 6) is 3.20. The van der Waals surface area contributed by atoms with E-state index in [9.17, 15) is 4.79 Å². The van der Waals surface area contributed by atoms with Gasteiger partial charge in [-0.25, -0.2) is 0 Å². The first-order chi connectivity index (χ1) is 10.0. The van der Waals surface area contributed by atoms with Crippen LogP contribution < -0.4 is 0 Å². The monoisotopic (exact) mass is 282 g/mol. The fourth-order valence-corrected chi connectivity index (χ4v) is 6.00. The highest BCUT2D eigenvalue weighted by atomic mass is 16.1. The third-order valence-electron chi connectivity index (χ3n) is 6.61. The third kappa shape index (κ3) is 2.25. The SMILES string of the molecule is Cc1cccc(C(=O)CC23CC4CC(CC(C4)C2)C3)c1C. The molecular formula is C20H26O. The minimum Gasteiger partial charge on any atom is -0.294 e. The third-order valence-corrected chi connectivity index (χ3v) is 6.61. The van der Waals surface area contributed by atoms with Gasteiger partial charge in [0.15, 0.2) is 5.78 Å². The Morgan fingerprint density at radius 3 is 2.19 bits per heavy atom. The minimum absolute atomic E-state index is 0.363. The van der Waals surface area contributed by atoms with Crippen molar-refractivity contribution in [2.75, 3.05) is 0 Å². The Morgan fingerprint density at radius 2 is 1.62 bits per heavy atom. The number of hydrogen-bond donors (Lipinski definition) is 0. The second-order valence-corrected chi connectivity index (χ2v) is 8.26. The van der Waals surface area contributed by atoms with Crippen molar-refractivity contribution < 1.29 is 4.79 Å². The normalized spacial score (nSPS) is 37.0. The molecule has 21 heavy (non-hydrogen) atoms. The molecule has 4 bridgehead atoms. The quantitative estimate of drug-likeness (QED) is 0.705. The average Bonchev–Trinajstić information content (AvgIpc) is 2.39. The summed E-state index contributed by atoms with van der Waals surface area (Å²) < 4.78 is 0. The second-order valence-electron chi connectivity index (χ2n) is 8.26. The summed E-state index contributed by atoms with van der Waals surface area (Å²) in [6.07, 6.45) is 9.16. The Morgan fingerprint density at radius 1 is 1.05 bits per heavy atom. The number of carbonyl (C=O) groups excluding carboxylic acids is 1. The number of ketones is 1. The summed E-state index contributed by atoms with van der Waals surface area (Å²) in [5, 5.41) is 0. The highest BCUT2D eigenvalue weighted by molar-refractivity contribution is 5.98. The molecule has 1 aromatic rings. The molecule has 0 atom stereocenters. The number of hydrogen-bond acceptors (Lipinski definition) is 1. The molecule has 0 aromatic heterocycles. The summed E-state index contributed by atoms with van der Waals surface area (Å²) in [6, 6.07) is 6.18. The molecule has 0 radical (unpaired) electrons. The number of carbonyl (C=O) groups is 1. The van der Waals surface area contributed by atoms with Gasteiger partial charge in [-0.2, -0.15) is 0 Å². The van der Waals surface area contributed by atoms with Crippen molar-refractivity contribution >= 4 is 5.78 Å². The summed E-state index contributed by atoms with van der Waals surface area (Å²) in [7, 11) is 0. The molecule has 1 heteroatoms. The largest absolute Gasteiger partial charge is 0.294 e. The van der Waals surface area contributed by atoms with Crippen molar-refractivity contribution in [2.45, 2.75) is 58.8 Å². The Labute approximate surface area is 128 Å². The van der Waals surface area contributed by atoms with Crippen molar-refractivity contribution in [3.63, 3.8) is 0 Å². The molecule has 1 nitrogen and oxygen atoms in total. The molecule has 4 saturated carbocycles. The van der Waals surface area contributed by atoms with Gasteiger partial charge in [0.25, 0.3) is 0 Å². The van der Waals surface area contributed by atoms with Gasteiger partial charge in [0.2, 0.25) is 0 Å². The van der Waals surface area contributed by atoms with E-state index >= 15 is 0 Å². The van der Waals surface area contributed by atoms with Gasteiger partial charge in [-0.05, 0) is 86.7 Å². The van der Waals surface area contributed by atoms with Crippen LogP contribution in [0.15, 0.2) is 18.2 Å². The fourth-order valence-electron chi connectivity index (χ4n) is 6.00. The van der Waals surface area contributed by atoms with Gasteiger partial charge in [-0.15, -0.1) is 0 Å². The Bertz CT molecular complexity index is 548. The van der Waals surface area contributed by atoms with E-state index in [1.807, 2.05) is 12.1 Å². The van der Waals surface area contributed by atoms with Crippen molar-refractivity contribution in [1.82, 2.24) is 0 Å². The first-order valence-electron chi connectivity index (χ1n) is 8.64. The van der Waals surface area contributed by atoms with Gasteiger partial charge in [0.1, 0.15) is 0 Å². The van der Waals surface area contributed by atoms with Gasteiger partial charge in [0.05, 0.1) is 0 Å². The van der Waals surface area contributed by atoms with E-state index in [1.54, 1.807) is 0 Å². The lowest BCUT2D eigenvalue weighted by Gasteiger charge is -2.56. The average molecular weight is 282 g/mol. The Balaban J connectivity index is 1.58. The van der Waals surface area contributed by atoms with Gasteiger partial charge in [0, 0.05) is 12.0 Å². The molecule has 0 spiro atoms. The first-order valence-corrected chi connectivity index (χ1v) is 8.64. The minimum atomic E-state index is 0.363. The summed E-state index contributed by atoms with van der Waals surface area (Å²) in [4.78, 5) is 12.9. The molecule has 4 aliphatic rings. The van der Waals surface area contributed by atoms with E-state index in [-0.39, 0.29) is 0 Å². The van der Waals surface area contributed by atoms with Gasteiger partial charge >= 0.3 is 0 Å². The first kappa shape index (κ1) is 13.5.